The van der Waals surface area contributed by atoms with Crippen LogP contribution >= 0.6 is 0 Å². The summed E-state index contributed by atoms with van der Waals surface area (Å²) in [4.78, 5) is 0. The van der Waals surface area contributed by atoms with Crippen LogP contribution in [0, 0.1) is 19.8 Å². The molecule has 3 heteroatoms. The van der Waals surface area contributed by atoms with Gasteiger partial charge in [0.25, 0.3) is 0 Å². The maximum Gasteiger partial charge on any atom is 0.218 e. The molecule has 0 radical (unpaired) electrons. The van der Waals surface area contributed by atoms with Gasteiger partial charge in [-0.3, -0.25) is 0 Å². The Morgan fingerprint density at radius 3 is 2.00 bits per heavy atom. The quantitative estimate of drug-likeness (QED) is 0.729. The second-order valence-electron chi connectivity index (χ2n) is 6.86. The van der Waals surface area contributed by atoms with E-state index in [2.05, 4.69) is 52.0 Å². The molecule has 0 aliphatic carbocycles. The first-order valence-corrected chi connectivity index (χ1v) is 8.40. The molecule has 0 saturated carbocycles. The molecule has 1 N–H and O–H groups in total. The van der Waals surface area contributed by atoms with Crippen LogP contribution in [0.4, 0.5) is 0 Å². The molecule has 0 spiro atoms. The molecule has 3 nitrogen and oxygen atoms in total. The van der Waals surface area contributed by atoms with Gasteiger partial charge < -0.3 is 5.11 Å². The molecule has 0 aliphatic heterocycles. The Kier molecular flexibility index (Phi) is 4.43. The normalized spacial score (nSPS) is 11.2. The zero-order valence-corrected chi connectivity index (χ0v) is 14.7. The summed E-state index contributed by atoms with van der Waals surface area (Å²) in [5.74, 6) is 0.680. The van der Waals surface area contributed by atoms with Crippen LogP contribution in [0.3, 0.4) is 0 Å². The fraction of sp³-hybridized carbons (Fsp3) is 0.286. The Hall–Kier alpha value is -2.55. The van der Waals surface area contributed by atoms with Crippen LogP contribution in [0.2, 0.25) is 0 Å². The fourth-order valence-corrected chi connectivity index (χ4v) is 2.85. The van der Waals surface area contributed by atoms with Crippen molar-refractivity contribution in [1.29, 1.82) is 0 Å². The Bertz CT molecular complexity index is 828. The van der Waals surface area contributed by atoms with Crippen molar-refractivity contribution in [2.24, 2.45) is 5.92 Å². The predicted molar refractivity (Wildman–Crippen MR) is 98.7 cm³/mol. The van der Waals surface area contributed by atoms with Gasteiger partial charge in [0.05, 0.1) is 11.4 Å². The second kappa shape index (κ2) is 6.52. The van der Waals surface area contributed by atoms with E-state index < -0.39 is 0 Å². The molecule has 0 atom stereocenters. The molecule has 0 amide bonds. The number of hydrogen-bond donors (Lipinski definition) is 1. The van der Waals surface area contributed by atoms with E-state index in [-0.39, 0.29) is 5.88 Å². The van der Waals surface area contributed by atoms with E-state index >= 15 is 0 Å². The molecule has 1 heterocycles. The lowest BCUT2D eigenvalue weighted by atomic mass is 9.99. The molecule has 0 unspecified atom stereocenters. The van der Waals surface area contributed by atoms with Crippen LogP contribution in [0.5, 0.6) is 5.88 Å². The molecule has 0 fully saturated rings. The molecule has 124 valence electrons. The number of hydrogen-bond acceptors (Lipinski definition) is 2. The van der Waals surface area contributed by atoms with Crippen molar-refractivity contribution >= 4 is 0 Å². The number of aromatic nitrogens is 2. The van der Waals surface area contributed by atoms with Gasteiger partial charge in [0, 0.05) is 11.1 Å². The first-order chi connectivity index (χ1) is 11.5. The highest BCUT2D eigenvalue weighted by Crippen LogP contribution is 2.33. The van der Waals surface area contributed by atoms with Crippen LogP contribution < -0.4 is 0 Å². The van der Waals surface area contributed by atoms with E-state index in [0.717, 1.165) is 28.9 Å². The van der Waals surface area contributed by atoms with Gasteiger partial charge in [0.15, 0.2) is 0 Å². The number of aryl methyl sites for hydroxylation is 2. The van der Waals surface area contributed by atoms with Crippen LogP contribution in [-0.2, 0) is 6.42 Å². The molecule has 0 saturated heterocycles. The van der Waals surface area contributed by atoms with Gasteiger partial charge in [0.2, 0.25) is 5.88 Å². The van der Waals surface area contributed by atoms with Crippen molar-refractivity contribution in [2.45, 2.75) is 34.1 Å². The largest absolute Gasteiger partial charge is 0.493 e. The first kappa shape index (κ1) is 16.3. The van der Waals surface area contributed by atoms with E-state index in [1.165, 1.54) is 11.1 Å². The van der Waals surface area contributed by atoms with Gasteiger partial charge in [0.1, 0.15) is 0 Å². The number of benzene rings is 2. The standard InChI is InChI=1S/C21H24N2O/c1-14(2)13-19-20(17-9-5-15(3)6-10-17)22-23(21(19)24)18-11-7-16(4)8-12-18/h5-12,14,24H,13H2,1-4H3. The smallest absolute Gasteiger partial charge is 0.218 e. The van der Waals surface area contributed by atoms with Crippen molar-refractivity contribution < 1.29 is 5.11 Å². The third-order valence-corrected chi connectivity index (χ3v) is 4.17. The minimum atomic E-state index is 0.239. The summed E-state index contributed by atoms with van der Waals surface area (Å²) in [7, 11) is 0. The van der Waals surface area contributed by atoms with Gasteiger partial charge in [-0.15, -0.1) is 0 Å². The average molecular weight is 320 g/mol. The maximum absolute atomic E-state index is 10.8. The molecule has 2 aromatic carbocycles. The molecule has 3 rings (SSSR count). The third kappa shape index (κ3) is 3.21. The highest BCUT2D eigenvalue weighted by atomic mass is 16.3. The van der Waals surface area contributed by atoms with E-state index in [4.69, 9.17) is 5.10 Å². The number of aromatic hydroxyl groups is 1. The van der Waals surface area contributed by atoms with Crippen molar-refractivity contribution in [3.05, 3.63) is 65.2 Å². The van der Waals surface area contributed by atoms with Gasteiger partial charge in [-0.05, 0) is 38.3 Å². The lowest BCUT2D eigenvalue weighted by Crippen LogP contribution is -1.97. The lowest BCUT2D eigenvalue weighted by Gasteiger charge is -2.07. The molecule has 0 aliphatic rings. The average Bonchev–Trinajstić information content (AvgIpc) is 2.86. The van der Waals surface area contributed by atoms with Gasteiger partial charge >= 0.3 is 0 Å². The summed E-state index contributed by atoms with van der Waals surface area (Å²) in [5.41, 5.74) is 6.09. The van der Waals surface area contributed by atoms with Crippen LogP contribution in [-0.4, -0.2) is 14.9 Å². The van der Waals surface area contributed by atoms with E-state index in [9.17, 15) is 5.11 Å². The third-order valence-electron chi connectivity index (χ3n) is 4.17. The molecule has 3 aromatic rings. The first-order valence-electron chi connectivity index (χ1n) is 8.40. The summed E-state index contributed by atoms with van der Waals surface area (Å²) in [6.07, 6.45) is 0.793. The van der Waals surface area contributed by atoms with Crippen molar-refractivity contribution in [3.8, 4) is 22.8 Å². The number of rotatable bonds is 4. The van der Waals surface area contributed by atoms with Gasteiger partial charge in [-0.1, -0.05) is 61.4 Å². The monoisotopic (exact) mass is 320 g/mol. The maximum atomic E-state index is 10.8. The predicted octanol–water partition coefficient (Wildman–Crippen LogP) is 5.06. The molecule has 1 aromatic heterocycles. The van der Waals surface area contributed by atoms with Crippen LogP contribution in [0.15, 0.2) is 48.5 Å². The number of nitrogens with zero attached hydrogens (tertiary/aromatic N) is 2. The summed E-state index contributed by atoms with van der Waals surface area (Å²) in [5, 5.41) is 15.5. The minimum absolute atomic E-state index is 0.239. The van der Waals surface area contributed by atoms with E-state index in [1.54, 1.807) is 4.68 Å². The minimum Gasteiger partial charge on any atom is -0.493 e. The summed E-state index contributed by atoms with van der Waals surface area (Å²) < 4.78 is 1.65. The molecule has 24 heavy (non-hydrogen) atoms. The molecule has 0 bridgehead atoms. The Labute approximate surface area is 143 Å². The van der Waals surface area contributed by atoms with Crippen molar-refractivity contribution in [2.75, 3.05) is 0 Å². The summed E-state index contributed by atoms with van der Waals surface area (Å²) in [6, 6.07) is 16.3. The summed E-state index contributed by atoms with van der Waals surface area (Å²) in [6.45, 7) is 8.43. The van der Waals surface area contributed by atoms with Crippen LogP contribution in [0.1, 0.15) is 30.5 Å². The van der Waals surface area contributed by atoms with E-state index in [1.807, 2.05) is 24.3 Å². The van der Waals surface area contributed by atoms with Gasteiger partial charge in [-0.25, -0.2) is 4.68 Å². The van der Waals surface area contributed by atoms with Crippen molar-refractivity contribution in [3.63, 3.8) is 0 Å². The highest BCUT2D eigenvalue weighted by Gasteiger charge is 2.20. The second-order valence-corrected chi connectivity index (χ2v) is 6.86. The van der Waals surface area contributed by atoms with Crippen LogP contribution in [0.25, 0.3) is 16.9 Å². The molecular formula is C21H24N2O. The van der Waals surface area contributed by atoms with Gasteiger partial charge in [-0.2, -0.15) is 5.10 Å². The zero-order chi connectivity index (χ0) is 17.3. The SMILES string of the molecule is Cc1ccc(-c2nn(-c3ccc(C)cc3)c(O)c2CC(C)C)cc1. The lowest BCUT2D eigenvalue weighted by molar-refractivity contribution is 0.424. The molecular weight excluding hydrogens is 296 g/mol. The fourth-order valence-electron chi connectivity index (χ4n) is 2.85. The Morgan fingerprint density at radius 1 is 0.917 bits per heavy atom. The Morgan fingerprint density at radius 2 is 1.46 bits per heavy atom. The van der Waals surface area contributed by atoms with Crippen molar-refractivity contribution in [1.82, 2.24) is 9.78 Å². The highest BCUT2D eigenvalue weighted by molar-refractivity contribution is 5.66. The van der Waals surface area contributed by atoms with E-state index in [0.29, 0.717) is 5.92 Å². The summed E-state index contributed by atoms with van der Waals surface area (Å²) >= 11 is 0. The Balaban J connectivity index is 2.15. The zero-order valence-electron chi connectivity index (χ0n) is 14.7. The topological polar surface area (TPSA) is 38.0 Å².